The standard InChI is InChI=1S/C18H22ClNO/c1-3-18(4-2,12-14-7-9-16(19)10-8-14)17(21)15-6-5-11-20-13-15/h5-11,13,17,21H,3-4,12H2,1-2H3. The number of aliphatic hydroxyl groups is 1. The molecule has 0 saturated heterocycles. The van der Waals surface area contributed by atoms with Crippen LogP contribution in [0.25, 0.3) is 0 Å². The lowest BCUT2D eigenvalue weighted by Crippen LogP contribution is -2.30. The Morgan fingerprint density at radius 1 is 1.14 bits per heavy atom. The van der Waals surface area contributed by atoms with Gasteiger partial charge in [0.05, 0.1) is 6.10 Å². The van der Waals surface area contributed by atoms with Crippen molar-refractivity contribution in [3.63, 3.8) is 0 Å². The first kappa shape index (κ1) is 16.0. The molecule has 0 spiro atoms. The van der Waals surface area contributed by atoms with E-state index < -0.39 is 6.10 Å². The third kappa shape index (κ3) is 3.63. The predicted octanol–water partition coefficient (Wildman–Crippen LogP) is 4.82. The normalized spacial score (nSPS) is 13.1. The van der Waals surface area contributed by atoms with Crippen LogP contribution in [0.4, 0.5) is 0 Å². The van der Waals surface area contributed by atoms with Gasteiger partial charge in [-0.1, -0.05) is 43.6 Å². The minimum atomic E-state index is -0.517. The Hall–Kier alpha value is -1.38. The van der Waals surface area contributed by atoms with Crippen molar-refractivity contribution in [3.05, 3.63) is 64.9 Å². The van der Waals surface area contributed by atoms with Crippen molar-refractivity contribution >= 4 is 11.6 Å². The monoisotopic (exact) mass is 303 g/mol. The molecule has 0 bridgehead atoms. The average molecular weight is 304 g/mol. The van der Waals surface area contributed by atoms with E-state index in [9.17, 15) is 5.11 Å². The fourth-order valence-electron chi connectivity index (χ4n) is 2.88. The lowest BCUT2D eigenvalue weighted by molar-refractivity contribution is 0.0153. The van der Waals surface area contributed by atoms with Crippen LogP contribution in [0, 0.1) is 5.41 Å². The summed E-state index contributed by atoms with van der Waals surface area (Å²) >= 11 is 5.95. The van der Waals surface area contributed by atoms with Crippen LogP contribution in [-0.4, -0.2) is 10.1 Å². The van der Waals surface area contributed by atoms with Crippen LogP contribution in [0.15, 0.2) is 48.8 Å². The van der Waals surface area contributed by atoms with Crippen LogP contribution in [0.5, 0.6) is 0 Å². The minimum Gasteiger partial charge on any atom is -0.388 e. The fourth-order valence-corrected chi connectivity index (χ4v) is 3.01. The molecule has 0 radical (unpaired) electrons. The Morgan fingerprint density at radius 3 is 2.33 bits per heavy atom. The highest BCUT2D eigenvalue weighted by atomic mass is 35.5. The largest absolute Gasteiger partial charge is 0.388 e. The number of rotatable bonds is 6. The molecule has 0 amide bonds. The van der Waals surface area contributed by atoms with Crippen LogP contribution in [0.3, 0.4) is 0 Å². The van der Waals surface area contributed by atoms with Crippen molar-refractivity contribution in [2.24, 2.45) is 5.41 Å². The lowest BCUT2D eigenvalue weighted by atomic mass is 9.70. The molecule has 1 aromatic heterocycles. The van der Waals surface area contributed by atoms with Gasteiger partial charge in [0.1, 0.15) is 0 Å². The van der Waals surface area contributed by atoms with Crippen molar-refractivity contribution in [2.45, 2.75) is 39.2 Å². The topological polar surface area (TPSA) is 33.1 Å². The number of aromatic nitrogens is 1. The highest BCUT2D eigenvalue weighted by Gasteiger charge is 2.35. The number of nitrogens with zero attached hydrogens (tertiary/aromatic N) is 1. The highest BCUT2D eigenvalue weighted by Crippen LogP contribution is 2.43. The van der Waals surface area contributed by atoms with Gasteiger partial charge in [-0.3, -0.25) is 4.98 Å². The van der Waals surface area contributed by atoms with Crippen molar-refractivity contribution in [3.8, 4) is 0 Å². The van der Waals surface area contributed by atoms with E-state index in [2.05, 4.69) is 18.8 Å². The first-order valence-electron chi connectivity index (χ1n) is 7.43. The third-order valence-electron chi connectivity index (χ3n) is 4.46. The Kier molecular flexibility index (Phi) is 5.38. The lowest BCUT2D eigenvalue weighted by Gasteiger charge is -2.37. The van der Waals surface area contributed by atoms with Crippen molar-refractivity contribution in [2.75, 3.05) is 0 Å². The maximum atomic E-state index is 10.9. The van der Waals surface area contributed by atoms with Crippen LogP contribution < -0.4 is 0 Å². The Labute approximate surface area is 131 Å². The molecule has 0 fully saturated rings. The molecule has 1 heterocycles. The molecular weight excluding hydrogens is 282 g/mol. The minimum absolute atomic E-state index is 0.184. The van der Waals surface area contributed by atoms with Crippen molar-refractivity contribution in [1.82, 2.24) is 4.98 Å². The summed E-state index contributed by atoms with van der Waals surface area (Å²) in [5.41, 5.74) is 1.90. The van der Waals surface area contributed by atoms with Gasteiger partial charge in [0.25, 0.3) is 0 Å². The molecule has 1 unspecified atom stereocenters. The molecule has 1 atom stereocenters. The zero-order valence-electron chi connectivity index (χ0n) is 12.6. The third-order valence-corrected chi connectivity index (χ3v) is 4.71. The number of aliphatic hydroxyl groups excluding tert-OH is 1. The highest BCUT2D eigenvalue weighted by molar-refractivity contribution is 6.30. The zero-order valence-corrected chi connectivity index (χ0v) is 13.3. The number of pyridine rings is 1. The van der Waals surface area contributed by atoms with Crippen molar-refractivity contribution < 1.29 is 5.11 Å². The van der Waals surface area contributed by atoms with Gasteiger partial charge in [0.2, 0.25) is 0 Å². The maximum Gasteiger partial charge on any atom is 0.0864 e. The zero-order chi connectivity index (χ0) is 15.3. The summed E-state index contributed by atoms with van der Waals surface area (Å²) in [6, 6.07) is 11.7. The summed E-state index contributed by atoms with van der Waals surface area (Å²) in [6.45, 7) is 4.28. The van der Waals surface area contributed by atoms with E-state index in [0.29, 0.717) is 0 Å². The second-order valence-electron chi connectivity index (χ2n) is 5.56. The van der Waals surface area contributed by atoms with Crippen molar-refractivity contribution in [1.29, 1.82) is 0 Å². The van der Waals surface area contributed by atoms with E-state index in [4.69, 9.17) is 11.6 Å². The molecule has 3 heteroatoms. The molecule has 0 aliphatic carbocycles. The summed E-state index contributed by atoms with van der Waals surface area (Å²) in [6.07, 6.45) is 5.61. The smallest absolute Gasteiger partial charge is 0.0864 e. The van der Waals surface area contributed by atoms with E-state index in [-0.39, 0.29) is 5.41 Å². The maximum absolute atomic E-state index is 10.9. The molecule has 0 aliphatic heterocycles. The Balaban J connectivity index is 2.29. The molecule has 2 aromatic rings. The van der Waals surface area contributed by atoms with Crippen LogP contribution in [0.1, 0.15) is 43.9 Å². The molecule has 0 saturated carbocycles. The van der Waals surface area contributed by atoms with Gasteiger partial charge in [-0.2, -0.15) is 0 Å². The number of hydrogen-bond acceptors (Lipinski definition) is 2. The van der Waals surface area contributed by atoms with E-state index >= 15 is 0 Å². The predicted molar refractivity (Wildman–Crippen MR) is 87.4 cm³/mol. The van der Waals surface area contributed by atoms with Gasteiger partial charge in [0, 0.05) is 22.8 Å². The van der Waals surface area contributed by atoms with Gasteiger partial charge in [-0.15, -0.1) is 0 Å². The molecular formula is C18H22ClNO. The van der Waals surface area contributed by atoms with Gasteiger partial charge in [-0.05, 0) is 48.6 Å². The quantitative estimate of drug-likeness (QED) is 0.830. The van der Waals surface area contributed by atoms with Crippen LogP contribution in [0.2, 0.25) is 5.02 Å². The van der Waals surface area contributed by atoms with Gasteiger partial charge < -0.3 is 5.11 Å². The first-order valence-corrected chi connectivity index (χ1v) is 7.81. The molecule has 0 aliphatic rings. The molecule has 2 nitrogen and oxygen atoms in total. The van der Waals surface area contributed by atoms with E-state index in [1.54, 1.807) is 12.4 Å². The van der Waals surface area contributed by atoms with E-state index in [0.717, 1.165) is 29.8 Å². The fraction of sp³-hybridized carbons (Fsp3) is 0.389. The van der Waals surface area contributed by atoms with Crippen LogP contribution in [-0.2, 0) is 6.42 Å². The first-order chi connectivity index (χ1) is 10.1. The number of hydrogen-bond donors (Lipinski definition) is 1. The molecule has 2 rings (SSSR count). The Morgan fingerprint density at radius 2 is 1.81 bits per heavy atom. The summed E-state index contributed by atoms with van der Waals surface area (Å²) < 4.78 is 0. The number of halogens is 1. The van der Waals surface area contributed by atoms with E-state index in [1.165, 1.54) is 5.56 Å². The Bertz CT molecular complexity index is 549. The average Bonchev–Trinajstić information content (AvgIpc) is 2.55. The second-order valence-corrected chi connectivity index (χ2v) is 6.00. The van der Waals surface area contributed by atoms with Gasteiger partial charge in [-0.25, -0.2) is 0 Å². The van der Waals surface area contributed by atoms with Crippen LogP contribution >= 0.6 is 11.6 Å². The molecule has 1 aromatic carbocycles. The summed E-state index contributed by atoms with van der Waals surface area (Å²) in [5, 5.41) is 11.6. The van der Waals surface area contributed by atoms with Gasteiger partial charge >= 0.3 is 0 Å². The molecule has 21 heavy (non-hydrogen) atoms. The molecule has 112 valence electrons. The van der Waals surface area contributed by atoms with Gasteiger partial charge in [0.15, 0.2) is 0 Å². The summed E-state index contributed by atoms with van der Waals surface area (Å²) in [5.74, 6) is 0. The van der Waals surface area contributed by atoms with E-state index in [1.807, 2.05) is 36.4 Å². The number of benzene rings is 1. The SMILES string of the molecule is CCC(CC)(Cc1ccc(Cl)cc1)C(O)c1cccnc1. The summed E-state index contributed by atoms with van der Waals surface area (Å²) in [4.78, 5) is 4.13. The molecule has 1 N–H and O–H groups in total. The second kappa shape index (κ2) is 7.06. The summed E-state index contributed by atoms with van der Waals surface area (Å²) in [7, 11) is 0.